The lowest BCUT2D eigenvalue weighted by Gasteiger charge is -2.15. The standard InChI is InChI=1S/C25H17BrClNO3/c1-24(22(29)17-7-11-19(27)12-8-17)21(16-5-3-2-4-6-16)25(24,15-28)23(30)31-20-13-9-18(26)10-14-20/h2-14,21H,1H3. The van der Waals surface area contributed by atoms with Crippen LogP contribution in [0.25, 0.3) is 0 Å². The van der Waals surface area contributed by atoms with Crippen molar-refractivity contribution < 1.29 is 14.3 Å². The highest BCUT2D eigenvalue weighted by molar-refractivity contribution is 9.10. The molecular weight excluding hydrogens is 478 g/mol. The Hall–Kier alpha value is -2.94. The molecule has 0 saturated heterocycles. The number of ether oxygens (including phenoxy) is 1. The van der Waals surface area contributed by atoms with Crippen LogP contribution >= 0.6 is 27.5 Å². The number of hydrogen-bond donors (Lipinski definition) is 0. The van der Waals surface area contributed by atoms with Gasteiger partial charge < -0.3 is 4.74 Å². The molecule has 0 aliphatic heterocycles. The van der Waals surface area contributed by atoms with Gasteiger partial charge in [-0.1, -0.05) is 57.9 Å². The SMILES string of the molecule is CC1(C(=O)c2ccc(Cl)cc2)C(c2ccccc2)C1(C#N)C(=O)Oc1ccc(Br)cc1. The molecule has 1 aliphatic carbocycles. The molecule has 31 heavy (non-hydrogen) atoms. The van der Waals surface area contributed by atoms with Crippen molar-refractivity contribution in [3.8, 4) is 11.8 Å². The van der Waals surface area contributed by atoms with E-state index in [4.69, 9.17) is 16.3 Å². The van der Waals surface area contributed by atoms with Gasteiger partial charge in [0.25, 0.3) is 0 Å². The van der Waals surface area contributed by atoms with E-state index >= 15 is 0 Å². The lowest BCUT2D eigenvalue weighted by Crippen LogP contribution is -2.30. The molecule has 0 heterocycles. The van der Waals surface area contributed by atoms with Gasteiger partial charge in [0.15, 0.2) is 11.2 Å². The van der Waals surface area contributed by atoms with Crippen molar-refractivity contribution in [3.05, 3.63) is 99.5 Å². The monoisotopic (exact) mass is 493 g/mol. The second-order valence-corrected chi connectivity index (χ2v) is 9.00. The Bertz CT molecular complexity index is 1190. The highest BCUT2D eigenvalue weighted by Gasteiger charge is 2.83. The van der Waals surface area contributed by atoms with E-state index in [9.17, 15) is 14.9 Å². The topological polar surface area (TPSA) is 67.2 Å². The molecule has 0 amide bonds. The average Bonchev–Trinajstić information content (AvgIpc) is 3.37. The van der Waals surface area contributed by atoms with Crippen LogP contribution in [0.4, 0.5) is 0 Å². The molecule has 3 aromatic rings. The smallest absolute Gasteiger partial charge is 0.333 e. The lowest BCUT2D eigenvalue weighted by molar-refractivity contribution is -0.139. The molecule has 3 atom stereocenters. The largest absolute Gasteiger partial charge is 0.425 e. The fraction of sp³-hybridized carbons (Fsp3) is 0.160. The van der Waals surface area contributed by atoms with Crippen molar-refractivity contribution in [1.29, 1.82) is 5.26 Å². The summed E-state index contributed by atoms with van der Waals surface area (Å²) >= 11 is 9.30. The maximum Gasteiger partial charge on any atom is 0.333 e. The Morgan fingerprint density at radius 1 is 1.00 bits per heavy atom. The van der Waals surface area contributed by atoms with Crippen molar-refractivity contribution in [2.24, 2.45) is 10.8 Å². The van der Waals surface area contributed by atoms with Crippen LogP contribution < -0.4 is 4.74 Å². The highest BCUT2D eigenvalue weighted by Crippen LogP contribution is 2.75. The third kappa shape index (κ3) is 3.37. The minimum atomic E-state index is -1.65. The maximum atomic E-state index is 13.6. The second kappa shape index (κ2) is 7.96. The van der Waals surface area contributed by atoms with Gasteiger partial charge in [0.1, 0.15) is 5.75 Å². The van der Waals surface area contributed by atoms with E-state index in [-0.39, 0.29) is 5.78 Å². The van der Waals surface area contributed by atoms with Crippen LogP contribution in [0.3, 0.4) is 0 Å². The summed E-state index contributed by atoms with van der Waals surface area (Å²) in [5.41, 5.74) is -1.82. The normalized spacial score (nSPS) is 24.1. The van der Waals surface area contributed by atoms with Crippen LogP contribution in [-0.2, 0) is 4.79 Å². The molecule has 1 fully saturated rings. The van der Waals surface area contributed by atoms with Crippen LogP contribution in [0.5, 0.6) is 5.75 Å². The van der Waals surface area contributed by atoms with Crippen molar-refractivity contribution >= 4 is 39.3 Å². The molecule has 1 saturated carbocycles. The summed E-state index contributed by atoms with van der Waals surface area (Å²) in [6, 6.07) is 24.5. The molecule has 4 rings (SSSR count). The molecule has 0 bridgehead atoms. The number of halogens is 2. The molecule has 6 heteroatoms. The van der Waals surface area contributed by atoms with E-state index in [0.29, 0.717) is 16.3 Å². The van der Waals surface area contributed by atoms with E-state index in [1.807, 2.05) is 30.3 Å². The number of esters is 1. The number of Topliss-reactive ketones (excluding diaryl/α,β-unsaturated/α-hetero) is 1. The highest BCUT2D eigenvalue weighted by atomic mass is 79.9. The Morgan fingerprint density at radius 3 is 2.19 bits per heavy atom. The predicted molar refractivity (Wildman–Crippen MR) is 121 cm³/mol. The first-order valence-corrected chi connectivity index (χ1v) is 10.8. The Morgan fingerprint density at radius 2 is 1.61 bits per heavy atom. The molecule has 3 unspecified atom stereocenters. The Kier molecular flexibility index (Phi) is 5.47. The number of carbonyl (C=O) groups is 2. The zero-order valence-electron chi connectivity index (χ0n) is 16.5. The van der Waals surface area contributed by atoms with Gasteiger partial charge in [-0.3, -0.25) is 4.79 Å². The zero-order chi connectivity index (χ0) is 22.2. The third-order valence-electron chi connectivity index (χ3n) is 5.98. The molecule has 154 valence electrons. The number of ketones is 1. The first-order chi connectivity index (χ1) is 14.8. The summed E-state index contributed by atoms with van der Waals surface area (Å²) in [4.78, 5) is 27.0. The number of nitrogens with zero attached hydrogens (tertiary/aromatic N) is 1. The summed E-state index contributed by atoms with van der Waals surface area (Å²) in [6.45, 7) is 1.66. The fourth-order valence-electron chi connectivity index (χ4n) is 4.31. The fourth-order valence-corrected chi connectivity index (χ4v) is 4.70. The van der Waals surface area contributed by atoms with Crippen LogP contribution in [0, 0.1) is 22.2 Å². The number of hydrogen-bond acceptors (Lipinski definition) is 4. The molecule has 0 N–H and O–H groups in total. The van der Waals surface area contributed by atoms with Gasteiger partial charge in [-0.15, -0.1) is 0 Å². The molecule has 4 nitrogen and oxygen atoms in total. The number of carbonyl (C=O) groups excluding carboxylic acids is 2. The van der Waals surface area contributed by atoms with Crippen LogP contribution in [0.2, 0.25) is 5.02 Å². The van der Waals surface area contributed by atoms with E-state index in [0.717, 1.165) is 10.0 Å². The van der Waals surface area contributed by atoms with Gasteiger partial charge in [-0.05, 0) is 61.0 Å². The summed E-state index contributed by atoms with van der Waals surface area (Å²) in [6.07, 6.45) is 0. The summed E-state index contributed by atoms with van der Waals surface area (Å²) in [5.74, 6) is -1.37. The van der Waals surface area contributed by atoms with Crippen molar-refractivity contribution in [2.45, 2.75) is 12.8 Å². The second-order valence-electron chi connectivity index (χ2n) is 7.65. The number of nitriles is 1. The van der Waals surface area contributed by atoms with E-state index < -0.39 is 22.7 Å². The lowest BCUT2D eigenvalue weighted by atomic mass is 9.87. The van der Waals surface area contributed by atoms with Gasteiger partial charge in [-0.2, -0.15) is 5.26 Å². The van der Waals surface area contributed by atoms with E-state index in [1.165, 1.54) is 0 Å². The van der Waals surface area contributed by atoms with Crippen molar-refractivity contribution in [1.82, 2.24) is 0 Å². The molecule has 3 aromatic carbocycles. The van der Waals surface area contributed by atoms with Crippen molar-refractivity contribution in [2.75, 3.05) is 0 Å². The molecular formula is C25H17BrClNO3. The quantitative estimate of drug-likeness (QED) is 0.240. The van der Waals surface area contributed by atoms with Gasteiger partial charge >= 0.3 is 5.97 Å². The maximum absolute atomic E-state index is 13.6. The predicted octanol–water partition coefficient (Wildman–Crippen LogP) is 6.20. The minimum absolute atomic E-state index is 0.299. The Balaban J connectivity index is 1.78. The van der Waals surface area contributed by atoms with Crippen LogP contribution in [0.1, 0.15) is 28.8 Å². The Labute approximate surface area is 193 Å². The summed E-state index contributed by atoms with van der Waals surface area (Å²) in [5, 5.41) is 10.7. The number of benzene rings is 3. The van der Waals surface area contributed by atoms with Crippen molar-refractivity contribution in [3.63, 3.8) is 0 Å². The first-order valence-electron chi connectivity index (χ1n) is 9.59. The summed E-state index contributed by atoms with van der Waals surface area (Å²) in [7, 11) is 0. The number of rotatable bonds is 5. The molecule has 0 aromatic heterocycles. The van der Waals surface area contributed by atoms with Gasteiger partial charge in [0.2, 0.25) is 0 Å². The van der Waals surface area contributed by atoms with Gasteiger partial charge in [-0.25, -0.2) is 4.79 Å². The molecule has 0 radical (unpaired) electrons. The summed E-state index contributed by atoms with van der Waals surface area (Å²) < 4.78 is 6.42. The minimum Gasteiger partial charge on any atom is -0.425 e. The average molecular weight is 495 g/mol. The third-order valence-corrected chi connectivity index (χ3v) is 6.76. The van der Waals surface area contributed by atoms with E-state index in [1.54, 1.807) is 55.5 Å². The van der Waals surface area contributed by atoms with Crippen LogP contribution in [0.15, 0.2) is 83.3 Å². The first kappa shape index (κ1) is 21.3. The molecule has 1 aliphatic rings. The van der Waals surface area contributed by atoms with E-state index in [2.05, 4.69) is 22.0 Å². The van der Waals surface area contributed by atoms with Gasteiger partial charge in [0.05, 0.1) is 11.5 Å². The van der Waals surface area contributed by atoms with Gasteiger partial charge in [0, 0.05) is 21.0 Å². The van der Waals surface area contributed by atoms with Crippen LogP contribution in [-0.4, -0.2) is 11.8 Å². The molecule has 0 spiro atoms. The zero-order valence-corrected chi connectivity index (χ0v) is 18.9.